The largest absolute Gasteiger partial charge is 0.497 e. The van der Waals surface area contributed by atoms with Crippen molar-refractivity contribution in [3.8, 4) is 5.75 Å². The number of methoxy groups -OCH3 is 1. The van der Waals surface area contributed by atoms with Gasteiger partial charge in [-0.2, -0.15) is 0 Å². The zero-order valence-electron chi connectivity index (χ0n) is 11.4. The molecule has 1 aromatic rings. The molecule has 1 heterocycles. The molecule has 3 amide bonds. The Morgan fingerprint density at radius 1 is 1.48 bits per heavy atom. The molecule has 1 aromatic carbocycles. The van der Waals surface area contributed by atoms with E-state index in [0.717, 1.165) is 16.7 Å². The molecule has 0 bridgehead atoms. The Hall–Kier alpha value is -2.22. The quantitative estimate of drug-likeness (QED) is 0.795. The van der Waals surface area contributed by atoms with Gasteiger partial charge in [0, 0.05) is 19.0 Å². The van der Waals surface area contributed by atoms with Gasteiger partial charge in [0.1, 0.15) is 5.75 Å². The van der Waals surface area contributed by atoms with E-state index in [1.807, 2.05) is 0 Å². The van der Waals surface area contributed by atoms with E-state index in [1.165, 1.54) is 7.11 Å². The van der Waals surface area contributed by atoms with Crippen LogP contribution in [0.25, 0.3) is 0 Å². The van der Waals surface area contributed by atoms with Gasteiger partial charge < -0.3 is 15.8 Å². The van der Waals surface area contributed by atoms with E-state index in [1.54, 1.807) is 18.2 Å². The SMILES string of the molecule is COc1ccc(NC(=O)CCN2C(=O)CSC2=O)c(N)c1. The second-order valence-electron chi connectivity index (χ2n) is 4.35. The number of nitrogens with two attached hydrogens (primary N) is 1. The van der Waals surface area contributed by atoms with Crippen LogP contribution in [0.2, 0.25) is 0 Å². The van der Waals surface area contributed by atoms with Crippen LogP contribution in [0.15, 0.2) is 18.2 Å². The predicted octanol–water partition coefficient (Wildman–Crippen LogP) is 1.30. The van der Waals surface area contributed by atoms with E-state index in [9.17, 15) is 14.4 Å². The second kappa shape index (κ2) is 6.49. The van der Waals surface area contributed by atoms with Crippen molar-refractivity contribution in [2.24, 2.45) is 0 Å². The fourth-order valence-electron chi connectivity index (χ4n) is 1.80. The highest BCUT2D eigenvalue weighted by molar-refractivity contribution is 8.14. The van der Waals surface area contributed by atoms with Crippen molar-refractivity contribution in [1.82, 2.24) is 4.90 Å². The average molecular weight is 309 g/mol. The van der Waals surface area contributed by atoms with Gasteiger partial charge in [-0.3, -0.25) is 19.3 Å². The number of benzene rings is 1. The van der Waals surface area contributed by atoms with Crippen LogP contribution in [0.1, 0.15) is 6.42 Å². The molecular formula is C13H15N3O4S. The summed E-state index contributed by atoms with van der Waals surface area (Å²) in [5, 5.41) is 2.33. The number of hydrogen-bond acceptors (Lipinski definition) is 6. The molecule has 3 N–H and O–H groups in total. The van der Waals surface area contributed by atoms with E-state index >= 15 is 0 Å². The molecule has 1 saturated heterocycles. The molecule has 0 atom stereocenters. The van der Waals surface area contributed by atoms with Crippen LogP contribution in [-0.2, 0) is 9.59 Å². The maximum absolute atomic E-state index is 11.8. The third-order valence-corrected chi connectivity index (χ3v) is 3.79. The fraction of sp³-hybridized carbons (Fsp3) is 0.308. The first kappa shape index (κ1) is 15.2. The molecule has 1 fully saturated rings. The molecule has 8 heteroatoms. The van der Waals surface area contributed by atoms with Crippen LogP contribution in [0, 0.1) is 0 Å². The number of carbonyl (C=O) groups excluding carboxylic acids is 3. The number of imide groups is 1. The van der Waals surface area contributed by atoms with Crippen molar-refractivity contribution >= 4 is 40.2 Å². The molecule has 0 aliphatic carbocycles. The lowest BCUT2D eigenvalue weighted by Gasteiger charge is -2.13. The van der Waals surface area contributed by atoms with Gasteiger partial charge in [0.05, 0.1) is 24.2 Å². The molecular weight excluding hydrogens is 294 g/mol. The molecule has 0 saturated carbocycles. The van der Waals surface area contributed by atoms with Gasteiger partial charge in [0.2, 0.25) is 11.8 Å². The number of nitrogens with zero attached hydrogens (tertiary/aromatic N) is 1. The Balaban J connectivity index is 1.90. The third-order valence-electron chi connectivity index (χ3n) is 2.94. The molecule has 112 valence electrons. The van der Waals surface area contributed by atoms with E-state index in [2.05, 4.69) is 5.32 Å². The molecule has 2 rings (SSSR count). The van der Waals surface area contributed by atoms with Gasteiger partial charge in [-0.25, -0.2) is 0 Å². The molecule has 7 nitrogen and oxygen atoms in total. The van der Waals surface area contributed by atoms with Gasteiger partial charge in [-0.1, -0.05) is 11.8 Å². The normalized spacial score (nSPS) is 14.4. The van der Waals surface area contributed by atoms with Gasteiger partial charge in [-0.15, -0.1) is 0 Å². The van der Waals surface area contributed by atoms with E-state index in [-0.39, 0.29) is 35.8 Å². The molecule has 0 radical (unpaired) electrons. The molecule has 0 aromatic heterocycles. The lowest BCUT2D eigenvalue weighted by Crippen LogP contribution is -2.32. The monoisotopic (exact) mass is 309 g/mol. The van der Waals surface area contributed by atoms with Crippen molar-refractivity contribution in [1.29, 1.82) is 0 Å². The zero-order valence-corrected chi connectivity index (χ0v) is 12.2. The highest BCUT2D eigenvalue weighted by atomic mass is 32.2. The number of nitrogen functional groups attached to an aromatic ring is 1. The number of carbonyl (C=O) groups is 3. The lowest BCUT2D eigenvalue weighted by atomic mass is 10.2. The fourth-order valence-corrected chi connectivity index (χ4v) is 2.56. The van der Waals surface area contributed by atoms with Crippen LogP contribution >= 0.6 is 11.8 Å². The smallest absolute Gasteiger partial charge is 0.288 e. The number of amides is 3. The van der Waals surface area contributed by atoms with E-state index in [0.29, 0.717) is 17.1 Å². The zero-order chi connectivity index (χ0) is 15.4. The molecule has 21 heavy (non-hydrogen) atoms. The Bertz CT molecular complexity index is 575. The number of ether oxygens (including phenoxy) is 1. The first-order valence-corrected chi connectivity index (χ1v) is 7.20. The predicted molar refractivity (Wildman–Crippen MR) is 80.2 cm³/mol. The topological polar surface area (TPSA) is 102 Å². The van der Waals surface area contributed by atoms with Gasteiger partial charge in [0.15, 0.2) is 0 Å². The van der Waals surface area contributed by atoms with Crippen LogP contribution < -0.4 is 15.8 Å². The van der Waals surface area contributed by atoms with E-state index in [4.69, 9.17) is 10.5 Å². The summed E-state index contributed by atoms with van der Waals surface area (Å²) < 4.78 is 5.02. The molecule has 0 spiro atoms. The second-order valence-corrected chi connectivity index (χ2v) is 5.28. The summed E-state index contributed by atoms with van der Waals surface area (Å²) >= 11 is 0.948. The van der Waals surface area contributed by atoms with Crippen LogP contribution in [-0.4, -0.2) is 41.4 Å². The van der Waals surface area contributed by atoms with Gasteiger partial charge in [0.25, 0.3) is 5.24 Å². The van der Waals surface area contributed by atoms with Crippen molar-refractivity contribution in [3.63, 3.8) is 0 Å². The average Bonchev–Trinajstić information content (AvgIpc) is 2.78. The Morgan fingerprint density at radius 2 is 2.24 bits per heavy atom. The lowest BCUT2D eigenvalue weighted by molar-refractivity contribution is -0.125. The highest BCUT2D eigenvalue weighted by Crippen LogP contribution is 2.24. The van der Waals surface area contributed by atoms with Crippen molar-refractivity contribution in [2.45, 2.75) is 6.42 Å². The van der Waals surface area contributed by atoms with Gasteiger partial charge >= 0.3 is 0 Å². The molecule has 0 unspecified atom stereocenters. The van der Waals surface area contributed by atoms with Crippen LogP contribution in [0.4, 0.5) is 16.2 Å². The summed E-state index contributed by atoms with van der Waals surface area (Å²) in [6, 6.07) is 4.91. The Kier molecular flexibility index (Phi) is 4.69. The summed E-state index contributed by atoms with van der Waals surface area (Å²) in [5.74, 6) is 0.160. The minimum absolute atomic E-state index is 0.0313. The minimum atomic E-state index is -0.315. The van der Waals surface area contributed by atoms with Crippen molar-refractivity contribution in [2.75, 3.05) is 30.5 Å². The summed E-state index contributed by atoms with van der Waals surface area (Å²) in [4.78, 5) is 35.7. The maximum atomic E-state index is 11.8. The number of nitrogens with one attached hydrogen (secondary N) is 1. The number of rotatable bonds is 5. The Labute approximate surface area is 125 Å². The number of thioether (sulfide) groups is 1. The summed E-state index contributed by atoms with van der Waals surface area (Å²) in [6.45, 7) is 0.0760. The Morgan fingerprint density at radius 3 is 2.81 bits per heavy atom. The summed E-state index contributed by atoms with van der Waals surface area (Å²) in [5.41, 5.74) is 6.64. The molecule has 1 aliphatic rings. The van der Waals surface area contributed by atoms with Crippen LogP contribution in [0.3, 0.4) is 0 Å². The third kappa shape index (κ3) is 3.66. The van der Waals surface area contributed by atoms with Gasteiger partial charge in [-0.05, 0) is 12.1 Å². The van der Waals surface area contributed by atoms with Crippen molar-refractivity contribution < 1.29 is 19.1 Å². The number of hydrogen-bond donors (Lipinski definition) is 2. The summed E-state index contributed by atoms with van der Waals surface area (Å²) in [7, 11) is 1.52. The van der Waals surface area contributed by atoms with E-state index < -0.39 is 0 Å². The minimum Gasteiger partial charge on any atom is -0.497 e. The number of anilines is 2. The standard InChI is InChI=1S/C13H15N3O4S/c1-20-8-2-3-10(9(14)6-8)15-11(17)4-5-16-12(18)7-21-13(16)19/h2-3,6H,4-5,7,14H2,1H3,(H,15,17). The molecule has 1 aliphatic heterocycles. The highest BCUT2D eigenvalue weighted by Gasteiger charge is 2.29. The van der Waals surface area contributed by atoms with Crippen LogP contribution in [0.5, 0.6) is 5.75 Å². The first-order chi connectivity index (χ1) is 10.0. The maximum Gasteiger partial charge on any atom is 0.288 e. The van der Waals surface area contributed by atoms with Crippen molar-refractivity contribution in [3.05, 3.63) is 18.2 Å². The summed E-state index contributed by atoms with van der Waals surface area (Å²) in [6.07, 6.45) is 0.0313. The first-order valence-electron chi connectivity index (χ1n) is 6.21.